The molecular weight excluding hydrogens is 430 g/mol. The summed E-state index contributed by atoms with van der Waals surface area (Å²) in [7, 11) is -7.51. The number of sulfonamides is 2. The second-order valence-corrected chi connectivity index (χ2v) is 11.6. The van der Waals surface area contributed by atoms with Crippen molar-refractivity contribution in [2.45, 2.75) is 41.5 Å². The fourth-order valence-electron chi connectivity index (χ4n) is 4.27. The fourth-order valence-corrected chi connectivity index (χ4v) is 7.43. The van der Waals surface area contributed by atoms with Crippen molar-refractivity contribution < 1.29 is 26.4 Å². The van der Waals surface area contributed by atoms with Crippen LogP contribution in [0.15, 0.2) is 34.1 Å². The Morgan fingerprint density at radius 2 is 1.37 bits per heavy atom. The van der Waals surface area contributed by atoms with Gasteiger partial charge in [-0.25, -0.2) is 16.8 Å². The Balaban J connectivity index is 1.54. The zero-order chi connectivity index (χ0) is 21.4. The number of nitrogens with zero attached hydrogens (tertiary/aromatic N) is 3. The Morgan fingerprint density at radius 1 is 0.800 bits per heavy atom. The van der Waals surface area contributed by atoms with E-state index in [1.807, 2.05) is 0 Å². The van der Waals surface area contributed by atoms with Gasteiger partial charge >= 0.3 is 0 Å². The minimum absolute atomic E-state index is 0.00421. The molecule has 0 radical (unpaired) electrons. The molecule has 0 aliphatic carbocycles. The van der Waals surface area contributed by atoms with E-state index in [1.54, 1.807) is 4.90 Å². The summed E-state index contributed by atoms with van der Waals surface area (Å²) in [4.78, 5) is 14.7. The summed E-state index contributed by atoms with van der Waals surface area (Å²) in [5.74, 6) is -0.187. The van der Waals surface area contributed by atoms with Gasteiger partial charge < -0.3 is 9.64 Å². The van der Waals surface area contributed by atoms with E-state index in [9.17, 15) is 21.6 Å². The predicted octanol–water partition coefficient (Wildman–Crippen LogP) is 0.483. The molecule has 1 unspecified atom stereocenters. The molecule has 3 aliphatic rings. The lowest BCUT2D eigenvalue weighted by Gasteiger charge is -2.32. The van der Waals surface area contributed by atoms with Crippen molar-refractivity contribution in [1.82, 2.24) is 13.5 Å². The number of carbonyl (C=O) groups excluding carboxylic acids is 1. The average Bonchev–Trinajstić information content (AvgIpc) is 3.46. The van der Waals surface area contributed by atoms with Gasteiger partial charge in [0.15, 0.2) is 0 Å². The maximum Gasteiger partial charge on any atom is 0.243 e. The predicted molar refractivity (Wildman–Crippen MR) is 109 cm³/mol. The summed E-state index contributed by atoms with van der Waals surface area (Å²) in [6.45, 7) is 3.09. The number of amides is 1. The maximum absolute atomic E-state index is 13.2. The third kappa shape index (κ3) is 4.01. The van der Waals surface area contributed by atoms with Gasteiger partial charge in [0.2, 0.25) is 26.0 Å². The van der Waals surface area contributed by atoms with Gasteiger partial charge in [0.05, 0.1) is 23.0 Å². The highest BCUT2D eigenvalue weighted by molar-refractivity contribution is 7.89. The van der Waals surface area contributed by atoms with E-state index in [0.29, 0.717) is 52.2 Å². The van der Waals surface area contributed by atoms with E-state index in [0.717, 1.165) is 12.8 Å². The zero-order valence-electron chi connectivity index (χ0n) is 16.8. The lowest BCUT2D eigenvalue weighted by atomic mass is 10.2. The summed E-state index contributed by atoms with van der Waals surface area (Å²) < 4.78 is 59.7. The Kier molecular flexibility index (Phi) is 6.18. The average molecular weight is 458 g/mol. The summed E-state index contributed by atoms with van der Waals surface area (Å²) in [5.41, 5.74) is 0. The minimum Gasteiger partial charge on any atom is -0.378 e. The number of hydrogen-bond donors (Lipinski definition) is 0. The fraction of sp³-hybridized carbons (Fsp3) is 0.632. The van der Waals surface area contributed by atoms with Gasteiger partial charge in [-0.1, -0.05) is 0 Å². The lowest BCUT2D eigenvalue weighted by molar-refractivity contribution is -0.138. The van der Waals surface area contributed by atoms with Gasteiger partial charge in [0.1, 0.15) is 6.04 Å². The van der Waals surface area contributed by atoms with E-state index in [1.165, 1.54) is 32.9 Å². The lowest BCUT2D eigenvalue weighted by Crippen LogP contribution is -2.50. The number of ether oxygens (including phenoxy) is 1. The molecule has 4 rings (SSSR count). The van der Waals surface area contributed by atoms with Crippen LogP contribution in [-0.2, 0) is 29.6 Å². The quantitative estimate of drug-likeness (QED) is 0.637. The van der Waals surface area contributed by atoms with Crippen LogP contribution in [0.2, 0.25) is 0 Å². The molecule has 1 aromatic rings. The Bertz CT molecular complexity index is 982. The molecule has 0 spiro atoms. The highest BCUT2D eigenvalue weighted by Gasteiger charge is 2.41. The number of rotatable bonds is 5. The van der Waals surface area contributed by atoms with Crippen molar-refractivity contribution >= 4 is 26.0 Å². The van der Waals surface area contributed by atoms with Crippen molar-refractivity contribution in [2.75, 3.05) is 45.9 Å². The van der Waals surface area contributed by atoms with Crippen LogP contribution >= 0.6 is 0 Å². The first-order valence-corrected chi connectivity index (χ1v) is 13.2. The van der Waals surface area contributed by atoms with Crippen LogP contribution in [0.4, 0.5) is 0 Å². The zero-order valence-corrected chi connectivity index (χ0v) is 18.4. The summed E-state index contributed by atoms with van der Waals surface area (Å²) >= 11 is 0. The summed E-state index contributed by atoms with van der Waals surface area (Å²) in [6, 6.07) is 4.62. The summed E-state index contributed by atoms with van der Waals surface area (Å²) in [6.07, 6.45) is 2.76. The first kappa shape index (κ1) is 21.7. The first-order chi connectivity index (χ1) is 14.3. The monoisotopic (exact) mass is 457 g/mol. The van der Waals surface area contributed by atoms with Gasteiger partial charge in [0, 0.05) is 32.7 Å². The molecule has 0 aromatic heterocycles. The van der Waals surface area contributed by atoms with Crippen LogP contribution in [0.3, 0.4) is 0 Å². The smallest absolute Gasteiger partial charge is 0.243 e. The molecule has 166 valence electrons. The highest BCUT2D eigenvalue weighted by Crippen LogP contribution is 2.29. The Hall–Kier alpha value is -1.53. The van der Waals surface area contributed by atoms with E-state index in [2.05, 4.69) is 0 Å². The van der Waals surface area contributed by atoms with Gasteiger partial charge in [0.25, 0.3) is 0 Å². The molecule has 0 saturated carbocycles. The van der Waals surface area contributed by atoms with Crippen molar-refractivity contribution in [2.24, 2.45) is 0 Å². The number of morpholine rings is 1. The van der Waals surface area contributed by atoms with E-state index >= 15 is 0 Å². The molecule has 0 bridgehead atoms. The largest absolute Gasteiger partial charge is 0.378 e. The SMILES string of the molecule is O=C(C1CCCN1S(=O)(=O)c1ccc(S(=O)(=O)N2CCCC2)cc1)N1CCOCC1. The second-order valence-electron chi connectivity index (χ2n) is 7.79. The third-order valence-electron chi connectivity index (χ3n) is 5.94. The van der Waals surface area contributed by atoms with Crippen molar-refractivity contribution in [3.05, 3.63) is 24.3 Å². The Labute approximate surface area is 177 Å². The maximum atomic E-state index is 13.2. The van der Waals surface area contributed by atoms with Crippen LogP contribution in [0.25, 0.3) is 0 Å². The topological polar surface area (TPSA) is 104 Å². The molecule has 9 nitrogen and oxygen atoms in total. The van der Waals surface area contributed by atoms with E-state index in [4.69, 9.17) is 4.74 Å². The van der Waals surface area contributed by atoms with Gasteiger partial charge in [-0.15, -0.1) is 0 Å². The molecular formula is C19H27N3O6S2. The van der Waals surface area contributed by atoms with Crippen LogP contribution in [-0.4, -0.2) is 88.2 Å². The van der Waals surface area contributed by atoms with Crippen molar-refractivity contribution in [3.63, 3.8) is 0 Å². The van der Waals surface area contributed by atoms with Gasteiger partial charge in [-0.05, 0) is 49.9 Å². The standard InChI is InChI=1S/C19H27N3O6S2/c23-19(20-12-14-28-15-13-20)18-4-3-11-22(18)30(26,27)17-7-5-16(6-8-17)29(24,25)21-9-1-2-10-21/h5-8,18H,1-4,9-15H2. The van der Waals surface area contributed by atoms with Crippen molar-refractivity contribution in [3.8, 4) is 0 Å². The molecule has 11 heteroatoms. The number of hydrogen-bond acceptors (Lipinski definition) is 6. The Morgan fingerprint density at radius 3 is 1.97 bits per heavy atom. The van der Waals surface area contributed by atoms with Crippen LogP contribution < -0.4 is 0 Å². The molecule has 1 amide bonds. The number of benzene rings is 1. The van der Waals surface area contributed by atoms with Crippen LogP contribution in [0.1, 0.15) is 25.7 Å². The van der Waals surface area contributed by atoms with Gasteiger partial charge in [-0.3, -0.25) is 4.79 Å². The molecule has 3 saturated heterocycles. The van der Waals surface area contributed by atoms with Gasteiger partial charge in [-0.2, -0.15) is 8.61 Å². The van der Waals surface area contributed by atoms with E-state index in [-0.39, 0.29) is 22.2 Å². The molecule has 30 heavy (non-hydrogen) atoms. The van der Waals surface area contributed by atoms with Crippen molar-refractivity contribution in [1.29, 1.82) is 0 Å². The number of carbonyl (C=O) groups is 1. The van der Waals surface area contributed by atoms with Crippen LogP contribution in [0.5, 0.6) is 0 Å². The molecule has 0 N–H and O–H groups in total. The van der Waals surface area contributed by atoms with Crippen LogP contribution in [0, 0.1) is 0 Å². The van der Waals surface area contributed by atoms with E-state index < -0.39 is 26.1 Å². The minimum atomic E-state index is -3.91. The molecule has 3 fully saturated rings. The highest BCUT2D eigenvalue weighted by atomic mass is 32.2. The summed E-state index contributed by atoms with van der Waals surface area (Å²) in [5, 5.41) is 0. The molecule has 1 aromatic carbocycles. The normalized spacial score (nSPS) is 24.4. The second kappa shape index (κ2) is 8.54. The third-order valence-corrected chi connectivity index (χ3v) is 9.78. The molecule has 3 heterocycles. The molecule has 1 atom stereocenters. The molecule has 3 aliphatic heterocycles. The first-order valence-electron chi connectivity index (χ1n) is 10.3.